The summed E-state index contributed by atoms with van der Waals surface area (Å²) in [7, 11) is 0. The number of aliphatic hydroxyl groups excluding tert-OH is 2. The van der Waals surface area contributed by atoms with Crippen molar-refractivity contribution >= 4 is 24.2 Å². The molecule has 0 unspecified atom stereocenters. The highest BCUT2D eigenvalue weighted by Gasteiger charge is 2.39. The van der Waals surface area contributed by atoms with Gasteiger partial charge in [0.05, 0.1) is 0 Å². The molecule has 9 heteroatoms. The van der Waals surface area contributed by atoms with Crippen molar-refractivity contribution in [1.82, 2.24) is 0 Å². The number of hydrogen-bond donors (Lipinski definition) is 2. The molecule has 2 N–H and O–H groups in total. The third kappa shape index (κ3) is 7.37. The normalized spacial score (nSPS) is 16.0. The van der Waals surface area contributed by atoms with Crippen LogP contribution in [0.3, 0.4) is 0 Å². The summed E-state index contributed by atoms with van der Waals surface area (Å²) in [6.45, 7) is 2.55. The van der Waals surface area contributed by atoms with E-state index in [1.807, 2.05) is 0 Å². The van der Waals surface area contributed by atoms with Crippen molar-refractivity contribution in [3.05, 3.63) is 0 Å². The van der Waals surface area contributed by atoms with Crippen molar-refractivity contribution in [2.45, 2.75) is 45.2 Å². The van der Waals surface area contributed by atoms with Crippen molar-refractivity contribution in [2.24, 2.45) is 0 Å². The highest BCUT2D eigenvalue weighted by Crippen LogP contribution is 2.14. The summed E-state index contributed by atoms with van der Waals surface area (Å²) in [4.78, 5) is 43.4. The van der Waals surface area contributed by atoms with Gasteiger partial charge in [-0.05, 0) is 0 Å². The first-order valence-electron chi connectivity index (χ1n) is 5.98. The summed E-state index contributed by atoms with van der Waals surface area (Å²) in [6.07, 6.45) is -6.58. The van der Waals surface area contributed by atoms with Crippen LogP contribution >= 0.6 is 0 Å². The Labute approximate surface area is 120 Å². The largest absolute Gasteiger partial charge is 0.463 e. The van der Waals surface area contributed by atoms with Crippen LogP contribution in [0, 0.1) is 0 Å². The predicted octanol–water partition coefficient (Wildman–Crippen LogP) is -1.67. The molecule has 0 bridgehead atoms. The summed E-state index contributed by atoms with van der Waals surface area (Å²) in [5, 5.41) is 19.4. The van der Waals surface area contributed by atoms with Crippen molar-refractivity contribution in [3.8, 4) is 0 Å². The van der Waals surface area contributed by atoms with Crippen molar-refractivity contribution in [2.75, 3.05) is 6.61 Å². The molecule has 120 valence electrons. The quantitative estimate of drug-likeness (QED) is 0.306. The van der Waals surface area contributed by atoms with Gasteiger partial charge < -0.3 is 29.2 Å². The molecular formula is C12H18O9. The van der Waals surface area contributed by atoms with Gasteiger partial charge in [0.15, 0.2) is 18.5 Å². The molecule has 0 aliphatic rings. The lowest BCUT2D eigenvalue weighted by Gasteiger charge is -2.30. The van der Waals surface area contributed by atoms with Crippen molar-refractivity contribution in [3.63, 3.8) is 0 Å². The fourth-order valence-electron chi connectivity index (χ4n) is 1.45. The summed E-state index contributed by atoms with van der Waals surface area (Å²) in [5.74, 6) is -2.41. The Morgan fingerprint density at radius 3 is 1.81 bits per heavy atom. The Balaban J connectivity index is 5.18. The van der Waals surface area contributed by atoms with Crippen LogP contribution < -0.4 is 0 Å². The second-order valence-electron chi connectivity index (χ2n) is 4.14. The summed E-state index contributed by atoms with van der Waals surface area (Å²) >= 11 is 0. The number of carbonyl (C=O) groups is 4. The summed E-state index contributed by atoms with van der Waals surface area (Å²) < 4.78 is 14.0. The molecule has 0 heterocycles. The van der Waals surface area contributed by atoms with Crippen LogP contribution in [0.2, 0.25) is 0 Å². The molecule has 0 rings (SSSR count). The van der Waals surface area contributed by atoms with Crippen LogP contribution in [0.25, 0.3) is 0 Å². The fraction of sp³-hybridized carbons (Fsp3) is 0.667. The summed E-state index contributed by atoms with van der Waals surface area (Å²) in [5.41, 5.74) is 0. The lowest BCUT2D eigenvalue weighted by molar-refractivity contribution is -0.189. The molecule has 4 atom stereocenters. The molecule has 9 nitrogen and oxygen atoms in total. The number of ether oxygens (including phenoxy) is 3. The van der Waals surface area contributed by atoms with Gasteiger partial charge in [0.25, 0.3) is 0 Å². The molecule has 0 spiro atoms. The molecule has 0 aromatic heterocycles. The average Bonchev–Trinajstić information content (AvgIpc) is 2.38. The van der Waals surface area contributed by atoms with Gasteiger partial charge in [-0.1, -0.05) is 0 Å². The van der Waals surface area contributed by atoms with Gasteiger partial charge in [-0.25, -0.2) is 0 Å². The molecular weight excluding hydrogens is 288 g/mol. The third-order valence-corrected chi connectivity index (χ3v) is 2.24. The van der Waals surface area contributed by atoms with Gasteiger partial charge in [0, 0.05) is 20.8 Å². The van der Waals surface area contributed by atoms with E-state index in [2.05, 4.69) is 4.74 Å². The van der Waals surface area contributed by atoms with E-state index in [9.17, 15) is 29.4 Å². The smallest absolute Gasteiger partial charge is 0.303 e. The number of aliphatic hydroxyl groups is 2. The average molecular weight is 306 g/mol. The topological polar surface area (TPSA) is 136 Å². The zero-order valence-corrected chi connectivity index (χ0v) is 11.8. The van der Waals surface area contributed by atoms with Gasteiger partial charge in [-0.3, -0.25) is 14.4 Å². The minimum atomic E-state index is -1.83. The Hall–Kier alpha value is -2.00. The minimum absolute atomic E-state index is 0.0582. The molecule has 21 heavy (non-hydrogen) atoms. The lowest BCUT2D eigenvalue weighted by Crippen LogP contribution is -2.51. The van der Waals surface area contributed by atoms with E-state index in [4.69, 9.17) is 9.47 Å². The number of aldehydes is 1. The Morgan fingerprint density at radius 1 is 0.952 bits per heavy atom. The van der Waals surface area contributed by atoms with E-state index in [0.29, 0.717) is 0 Å². The second kappa shape index (κ2) is 9.03. The van der Waals surface area contributed by atoms with Crippen LogP contribution in [0.5, 0.6) is 0 Å². The lowest BCUT2D eigenvalue weighted by atomic mass is 10.0. The van der Waals surface area contributed by atoms with Gasteiger partial charge >= 0.3 is 17.9 Å². The first-order chi connectivity index (χ1) is 9.68. The first-order valence-corrected chi connectivity index (χ1v) is 5.98. The molecule has 0 radical (unpaired) electrons. The van der Waals surface area contributed by atoms with Crippen molar-refractivity contribution < 1.29 is 43.6 Å². The fourth-order valence-corrected chi connectivity index (χ4v) is 1.45. The Kier molecular flexibility index (Phi) is 8.17. The molecule has 0 aliphatic carbocycles. The Bertz CT molecular complexity index is 392. The number of hydrogen-bond acceptors (Lipinski definition) is 9. The van der Waals surface area contributed by atoms with E-state index in [-0.39, 0.29) is 6.29 Å². The van der Waals surface area contributed by atoms with E-state index < -0.39 is 48.9 Å². The van der Waals surface area contributed by atoms with E-state index >= 15 is 0 Å². The van der Waals surface area contributed by atoms with E-state index in [0.717, 1.165) is 20.8 Å². The van der Waals surface area contributed by atoms with Crippen LogP contribution in [0.15, 0.2) is 0 Å². The maximum atomic E-state index is 11.0. The minimum Gasteiger partial charge on any atom is -0.463 e. The van der Waals surface area contributed by atoms with Crippen LogP contribution in [-0.4, -0.2) is 65.4 Å². The van der Waals surface area contributed by atoms with E-state index in [1.165, 1.54) is 0 Å². The van der Waals surface area contributed by atoms with E-state index in [1.54, 1.807) is 0 Å². The maximum Gasteiger partial charge on any atom is 0.303 e. The van der Waals surface area contributed by atoms with Crippen LogP contribution in [-0.2, 0) is 33.4 Å². The highest BCUT2D eigenvalue weighted by molar-refractivity contribution is 5.68. The highest BCUT2D eigenvalue weighted by atomic mass is 16.6. The molecule has 0 aliphatic heterocycles. The second-order valence-corrected chi connectivity index (χ2v) is 4.14. The Morgan fingerprint density at radius 2 is 1.43 bits per heavy atom. The number of carbonyl (C=O) groups excluding carboxylic acids is 4. The monoisotopic (exact) mass is 306 g/mol. The number of esters is 3. The number of rotatable bonds is 8. The maximum absolute atomic E-state index is 11.0. The molecule has 0 aromatic rings. The zero-order chi connectivity index (χ0) is 16.6. The van der Waals surface area contributed by atoms with Gasteiger partial charge in [0.2, 0.25) is 0 Å². The predicted molar refractivity (Wildman–Crippen MR) is 65.8 cm³/mol. The molecule has 0 fully saturated rings. The molecule has 0 aromatic carbocycles. The van der Waals surface area contributed by atoms with Gasteiger partial charge in [0.1, 0.15) is 18.8 Å². The third-order valence-electron chi connectivity index (χ3n) is 2.24. The SMILES string of the molecule is CC(=O)OC[C@@H](O)[C@@H](OC(C)=O)[C@H](OC(C)=O)[C@@H](O)C=O. The molecule has 0 saturated heterocycles. The molecule has 0 saturated carbocycles. The summed E-state index contributed by atoms with van der Waals surface area (Å²) in [6, 6.07) is 0. The zero-order valence-electron chi connectivity index (χ0n) is 11.8. The van der Waals surface area contributed by atoms with Crippen LogP contribution in [0.1, 0.15) is 20.8 Å². The standard InChI is InChI=1S/C12H18O9/c1-6(14)19-5-10(18)12(21-8(3)16)11(9(17)4-13)20-7(2)15/h4,9-12,17-18H,5H2,1-3H3/t9-,10+,11+,12+/m0/s1. The van der Waals surface area contributed by atoms with Crippen LogP contribution in [0.4, 0.5) is 0 Å². The van der Waals surface area contributed by atoms with Gasteiger partial charge in [-0.2, -0.15) is 0 Å². The van der Waals surface area contributed by atoms with Gasteiger partial charge in [-0.15, -0.1) is 0 Å². The molecule has 0 amide bonds. The van der Waals surface area contributed by atoms with Crippen molar-refractivity contribution in [1.29, 1.82) is 0 Å². The first kappa shape index (κ1) is 19.0.